The van der Waals surface area contributed by atoms with Crippen LogP contribution in [0.3, 0.4) is 0 Å². The fourth-order valence-corrected chi connectivity index (χ4v) is 5.76. The van der Waals surface area contributed by atoms with E-state index in [2.05, 4.69) is 20.3 Å². The van der Waals surface area contributed by atoms with Crippen LogP contribution in [0.1, 0.15) is 48.6 Å². The quantitative estimate of drug-likeness (QED) is 0.139. The van der Waals surface area contributed by atoms with Crippen LogP contribution >= 0.6 is 11.3 Å². The number of benzene rings is 2. The molecule has 0 radical (unpaired) electrons. The van der Waals surface area contributed by atoms with Crippen LogP contribution in [-0.2, 0) is 38.3 Å². The third-order valence-corrected chi connectivity index (χ3v) is 7.94. The number of rotatable bonds is 15. The van der Waals surface area contributed by atoms with E-state index in [1.807, 2.05) is 6.92 Å². The molecular weight excluding hydrogens is 536 g/mol. The molecule has 39 heavy (non-hydrogen) atoms. The van der Waals surface area contributed by atoms with E-state index in [0.717, 1.165) is 12.0 Å². The number of hydrogen-bond acceptors (Lipinski definition) is 7. The number of carbonyl (C=O) groups excluding carboxylic acids is 2. The zero-order valence-electron chi connectivity index (χ0n) is 21.7. The maximum Gasteiger partial charge on any atom is 0.242 e. The van der Waals surface area contributed by atoms with Crippen LogP contribution in [0.5, 0.6) is 0 Å². The number of nitrogens with one attached hydrogen (secondary N) is 4. The molecule has 3 aromatic rings. The van der Waals surface area contributed by atoms with Gasteiger partial charge in [-0.25, -0.2) is 18.1 Å². The number of sulfonamides is 1. The lowest BCUT2D eigenvalue weighted by Gasteiger charge is -2.23. The maximum atomic E-state index is 13.4. The predicted molar refractivity (Wildman–Crippen MR) is 153 cm³/mol. The van der Waals surface area contributed by atoms with Crippen molar-refractivity contribution in [1.29, 1.82) is 5.41 Å². The monoisotopic (exact) mass is 570 g/mol. The van der Waals surface area contributed by atoms with Crippen LogP contribution in [0.25, 0.3) is 0 Å². The molecule has 12 heteroatoms. The average molecular weight is 571 g/mol. The van der Waals surface area contributed by atoms with Crippen LogP contribution in [0.2, 0.25) is 0 Å². The molecule has 0 aliphatic heterocycles. The summed E-state index contributed by atoms with van der Waals surface area (Å²) in [5.74, 6) is -1.29. The van der Waals surface area contributed by atoms with Gasteiger partial charge in [-0.2, -0.15) is 0 Å². The van der Waals surface area contributed by atoms with E-state index in [-0.39, 0.29) is 30.5 Å². The molecule has 0 aliphatic carbocycles. The molecule has 0 unspecified atom stereocenters. The highest BCUT2D eigenvalue weighted by molar-refractivity contribution is 7.88. The van der Waals surface area contributed by atoms with Crippen molar-refractivity contribution in [3.8, 4) is 0 Å². The molecule has 0 saturated carbocycles. The van der Waals surface area contributed by atoms with Crippen molar-refractivity contribution >= 4 is 39.0 Å². The second-order valence-electron chi connectivity index (χ2n) is 9.13. The van der Waals surface area contributed by atoms with E-state index >= 15 is 0 Å². The van der Waals surface area contributed by atoms with Gasteiger partial charge in [0.1, 0.15) is 17.9 Å². The molecule has 0 saturated heterocycles. The minimum atomic E-state index is -3.87. The van der Waals surface area contributed by atoms with E-state index in [1.54, 1.807) is 65.5 Å². The van der Waals surface area contributed by atoms with Gasteiger partial charge in [0.25, 0.3) is 0 Å². The van der Waals surface area contributed by atoms with Gasteiger partial charge in [0.05, 0.1) is 17.0 Å². The number of nitrogens with two attached hydrogens (primary N) is 1. The Morgan fingerprint density at radius 2 is 1.74 bits per heavy atom. The number of hydrogen-bond donors (Lipinski definition) is 5. The zero-order valence-corrected chi connectivity index (χ0v) is 23.4. The van der Waals surface area contributed by atoms with Crippen molar-refractivity contribution in [2.24, 2.45) is 5.73 Å². The first-order valence-corrected chi connectivity index (χ1v) is 15.2. The summed E-state index contributed by atoms with van der Waals surface area (Å²) in [6.07, 6.45) is 1.96. The summed E-state index contributed by atoms with van der Waals surface area (Å²) in [6, 6.07) is 13.6. The molecule has 0 aliphatic rings. The molecule has 10 nitrogen and oxygen atoms in total. The van der Waals surface area contributed by atoms with E-state index < -0.39 is 28.0 Å². The second-order valence-corrected chi connectivity index (χ2v) is 11.6. The molecule has 2 atom stereocenters. The second kappa shape index (κ2) is 14.5. The average Bonchev–Trinajstić information content (AvgIpc) is 3.42. The Kier molecular flexibility index (Phi) is 11.1. The van der Waals surface area contributed by atoms with E-state index in [1.165, 1.54) is 11.3 Å². The molecule has 2 amide bonds. The van der Waals surface area contributed by atoms with Gasteiger partial charge in [0.15, 0.2) is 0 Å². The Morgan fingerprint density at radius 1 is 1.03 bits per heavy atom. The smallest absolute Gasteiger partial charge is 0.242 e. The molecule has 0 spiro atoms. The minimum absolute atomic E-state index is 0.0421. The van der Waals surface area contributed by atoms with Gasteiger partial charge < -0.3 is 16.4 Å². The van der Waals surface area contributed by atoms with Crippen molar-refractivity contribution in [3.63, 3.8) is 0 Å². The van der Waals surface area contributed by atoms with Crippen LogP contribution in [-0.4, -0.2) is 43.1 Å². The molecule has 2 aromatic carbocycles. The lowest BCUT2D eigenvalue weighted by Crippen LogP contribution is -2.54. The van der Waals surface area contributed by atoms with Crippen molar-refractivity contribution in [2.75, 3.05) is 0 Å². The lowest BCUT2D eigenvalue weighted by molar-refractivity contribution is -0.130. The van der Waals surface area contributed by atoms with Crippen molar-refractivity contribution in [2.45, 2.75) is 57.0 Å². The summed E-state index contributed by atoms with van der Waals surface area (Å²) >= 11 is 1.35. The minimum Gasteiger partial charge on any atom is -0.384 e. The van der Waals surface area contributed by atoms with Gasteiger partial charge in [0, 0.05) is 23.9 Å². The fraction of sp³-hybridized carbons (Fsp3) is 0.333. The maximum absolute atomic E-state index is 13.4. The number of unbranched alkanes of at least 4 members (excludes halogenated alkanes) is 1. The van der Waals surface area contributed by atoms with Crippen LogP contribution < -0.4 is 21.1 Å². The largest absolute Gasteiger partial charge is 0.384 e. The fourth-order valence-electron chi connectivity index (χ4n) is 3.85. The Bertz CT molecular complexity index is 1330. The standard InChI is InChI=1S/C27H34N6O4S2/c1-2-3-9-23(26(34)30-15-19-10-12-21(13-11-19)25(28)29)32-27(35)24(14-22-16-38-18-31-22)33-39(36,37)17-20-7-5-4-6-8-20/h4-8,10-13,16,18,23-24,33H,2-3,9,14-15,17H2,1H3,(H3,28,29)(H,30,34)(H,32,35)/t23-,24+/m0/s1. The summed E-state index contributed by atoms with van der Waals surface area (Å²) in [5, 5.41) is 14.8. The number of aromatic nitrogens is 1. The molecule has 6 N–H and O–H groups in total. The highest BCUT2D eigenvalue weighted by Crippen LogP contribution is 2.11. The highest BCUT2D eigenvalue weighted by Gasteiger charge is 2.29. The summed E-state index contributed by atoms with van der Waals surface area (Å²) in [7, 11) is -3.87. The van der Waals surface area contributed by atoms with Crippen LogP contribution in [0, 0.1) is 5.41 Å². The zero-order chi connectivity index (χ0) is 28.3. The van der Waals surface area contributed by atoms with Crippen LogP contribution in [0.15, 0.2) is 65.5 Å². The topological polar surface area (TPSA) is 167 Å². The van der Waals surface area contributed by atoms with Crippen molar-refractivity contribution < 1.29 is 18.0 Å². The highest BCUT2D eigenvalue weighted by atomic mass is 32.2. The van der Waals surface area contributed by atoms with Gasteiger partial charge in [0.2, 0.25) is 21.8 Å². The van der Waals surface area contributed by atoms with E-state index in [4.69, 9.17) is 11.1 Å². The first-order valence-electron chi connectivity index (χ1n) is 12.6. The lowest BCUT2D eigenvalue weighted by atomic mass is 10.1. The van der Waals surface area contributed by atoms with Crippen molar-refractivity contribution in [3.05, 3.63) is 87.9 Å². The molecule has 3 rings (SSSR count). The van der Waals surface area contributed by atoms with Gasteiger partial charge in [-0.3, -0.25) is 15.0 Å². The summed E-state index contributed by atoms with van der Waals surface area (Å²) in [4.78, 5) is 30.6. The van der Waals surface area contributed by atoms with Gasteiger partial charge >= 0.3 is 0 Å². The number of nitrogen functional groups attached to an aromatic ring is 1. The summed E-state index contributed by atoms with van der Waals surface area (Å²) in [6.45, 7) is 2.21. The molecule has 1 aromatic heterocycles. The number of amidine groups is 1. The molecule has 0 fully saturated rings. The molecule has 1 heterocycles. The molecule has 208 valence electrons. The Hall–Kier alpha value is -3.61. The first-order chi connectivity index (χ1) is 18.7. The summed E-state index contributed by atoms with van der Waals surface area (Å²) < 4.78 is 28.4. The Balaban J connectivity index is 1.70. The van der Waals surface area contributed by atoms with Crippen LogP contribution in [0.4, 0.5) is 0 Å². The molecular formula is C27H34N6O4S2. The number of thiazole rings is 1. The Labute approximate surface area is 233 Å². The van der Waals surface area contributed by atoms with Gasteiger partial charge in [-0.1, -0.05) is 74.4 Å². The number of carbonyl (C=O) groups is 2. The Morgan fingerprint density at radius 3 is 2.36 bits per heavy atom. The third-order valence-electron chi connectivity index (χ3n) is 5.95. The van der Waals surface area contributed by atoms with E-state index in [9.17, 15) is 18.0 Å². The number of amides is 2. The molecule has 0 bridgehead atoms. The normalized spacial score (nSPS) is 12.8. The SMILES string of the molecule is CCCC[C@H](NC(=O)[C@@H](Cc1cscn1)NS(=O)(=O)Cc1ccccc1)C(=O)NCc1ccc(C(=N)N)cc1. The summed E-state index contributed by atoms with van der Waals surface area (Å²) in [5.41, 5.74) is 9.66. The predicted octanol–water partition coefficient (Wildman–Crippen LogP) is 2.45. The number of nitrogens with zero attached hydrogens (tertiary/aromatic N) is 1. The van der Waals surface area contributed by atoms with Gasteiger partial charge in [-0.15, -0.1) is 11.3 Å². The first kappa shape index (κ1) is 29.9. The van der Waals surface area contributed by atoms with Crippen molar-refractivity contribution in [1.82, 2.24) is 20.3 Å². The third kappa shape index (κ3) is 9.89. The van der Waals surface area contributed by atoms with Gasteiger partial charge in [-0.05, 0) is 17.5 Å². The van der Waals surface area contributed by atoms with E-state index in [0.29, 0.717) is 29.7 Å².